The van der Waals surface area contributed by atoms with Crippen molar-refractivity contribution in [1.29, 1.82) is 0 Å². The van der Waals surface area contributed by atoms with E-state index in [9.17, 15) is 0 Å². The van der Waals surface area contributed by atoms with Gasteiger partial charge in [-0.15, -0.1) is 11.6 Å². The molecule has 0 aromatic heterocycles. The van der Waals surface area contributed by atoms with E-state index in [1.165, 1.54) is 0 Å². The highest BCUT2D eigenvalue weighted by Gasteiger charge is 2.18. The maximum Gasteiger partial charge on any atom is 0.0471 e. The molecule has 0 rings (SSSR count). The number of halogens is 2. The fourth-order valence-electron chi connectivity index (χ4n) is 0.818. The van der Waals surface area contributed by atoms with Crippen molar-refractivity contribution in [3.63, 3.8) is 0 Å². The first-order valence-electron chi connectivity index (χ1n) is 3.91. The molecule has 0 heterocycles. The molecular formula is C10H16Cl2. The summed E-state index contributed by atoms with van der Waals surface area (Å²) in [6.07, 6.45) is 0. The molecule has 0 bridgehead atoms. The third-order valence-electron chi connectivity index (χ3n) is 1.68. The summed E-state index contributed by atoms with van der Waals surface area (Å²) < 4.78 is 0. The number of rotatable bonds is 2. The summed E-state index contributed by atoms with van der Waals surface area (Å²) in [4.78, 5) is 0. The molecule has 0 N–H and O–H groups in total. The van der Waals surface area contributed by atoms with Gasteiger partial charge in [0.1, 0.15) is 0 Å². The Morgan fingerprint density at radius 1 is 1.33 bits per heavy atom. The predicted octanol–water partition coefficient (Wildman–Crippen LogP) is 4.34. The second-order valence-electron chi connectivity index (χ2n) is 3.93. The monoisotopic (exact) mass is 206 g/mol. The summed E-state index contributed by atoms with van der Waals surface area (Å²) in [5, 5.41) is 0.841. The van der Waals surface area contributed by atoms with Crippen molar-refractivity contribution < 1.29 is 0 Å². The molecule has 0 aromatic rings. The number of hydrogen-bond donors (Lipinski definition) is 0. The SMILES string of the molecule is C=C(CCl)/C(C)=C(\Cl)C(C)(C)C. The minimum absolute atomic E-state index is 0.0133. The fraction of sp³-hybridized carbons (Fsp3) is 0.600. The normalized spacial score (nSPS) is 14.2. The Labute approximate surface area is 85.3 Å². The number of hydrogen-bond acceptors (Lipinski definition) is 0. The van der Waals surface area contributed by atoms with Crippen molar-refractivity contribution in [3.05, 3.63) is 22.8 Å². The summed E-state index contributed by atoms with van der Waals surface area (Å²) in [5.41, 5.74) is 1.90. The van der Waals surface area contributed by atoms with Crippen LogP contribution in [0.15, 0.2) is 22.8 Å². The van der Waals surface area contributed by atoms with Gasteiger partial charge in [0.25, 0.3) is 0 Å². The molecule has 0 saturated heterocycles. The predicted molar refractivity (Wildman–Crippen MR) is 57.9 cm³/mol. The van der Waals surface area contributed by atoms with Crippen molar-refractivity contribution in [2.45, 2.75) is 27.7 Å². The van der Waals surface area contributed by atoms with Crippen molar-refractivity contribution in [1.82, 2.24) is 0 Å². The van der Waals surface area contributed by atoms with Crippen LogP contribution in [0.2, 0.25) is 0 Å². The molecule has 0 aliphatic carbocycles. The fourth-order valence-corrected chi connectivity index (χ4v) is 1.15. The van der Waals surface area contributed by atoms with E-state index >= 15 is 0 Å². The van der Waals surface area contributed by atoms with Gasteiger partial charge >= 0.3 is 0 Å². The molecule has 0 aliphatic rings. The topological polar surface area (TPSA) is 0 Å². The van der Waals surface area contributed by atoms with E-state index in [0.717, 1.165) is 16.2 Å². The Morgan fingerprint density at radius 2 is 1.75 bits per heavy atom. The average molecular weight is 207 g/mol. The van der Waals surface area contributed by atoms with Crippen LogP contribution in [0.3, 0.4) is 0 Å². The summed E-state index contributed by atoms with van der Waals surface area (Å²) >= 11 is 11.8. The van der Waals surface area contributed by atoms with E-state index < -0.39 is 0 Å². The highest BCUT2D eigenvalue weighted by atomic mass is 35.5. The lowest BCUT2D eigenvalue weighted by Gasteiger charge is -2.20. The van der Waals surface area contributed by atoms with E-state index in [4.69, 9.17) is 23.2 Å². The molecule has 0 saturated carbocycles. The van der Waals surface area contributed by atoms with E-state index in [-0.39, 0.29) is 5.41 Å². The molecular weight excluding hydrogens is 191 g/mol. The molecule has 70 valence electrons. The van der Waals surface area contributed by atoms with Gasteiger partial charge in [-0.25, -0.2) is 0 Å². The van der Waals surface area contributed by atoms with Gasteiger partial charge in [0.15, 0.2) is 0 Å². The molecule has 0 spiro atoms. The Hall–Kier alpha value is 0.0600. The van der Waals surface area contributed by atoms with Crippen LogP contribution < -0.4 is 0 Å². The summed E-state index contributed by atoms with van der Waals surface area (Å²) in [6.45, 7) is 12.0. The molecule has 0 unspecified atom stereocenters. The van der Waals surface area contributed by atoms with Gasteiger partial charge < -0.3 is 0 Å². The molecule has 2 heteroatoms. The Balaban J connectivity index is 4.82. The molecule has 0 aromatic carbocycles. The summed E-state index contributed by atoms with van der Waals surface area (Å²) in [5.74, 6) is 0.443. The Morgan fingerprint density at radius 3 is 2.00 bits per heavy atom. The van der Waals surface area contributed by atoms with Crippen LogP contribution in [0, 0.1) is 5.41 Å². The van der Waals surface area contributed by atoms with Crippen LogP contribution in [-0.4, -0.2) is 5.88 Å². The maximum atomic E-state index is 6.14. The quantitative estimate of drug-likeness (QED) is 0.466. The van der Waals surface area contributed by atoms with Gasteiger partial charge in [0, 0.05) is 10.9 Å². The lowest BCUT2D eigenvalue weighted by Crippen LogP contribution is -2.07. The zero-order valence-electron chi connectivity index (χ0n) is 8.17. The molecule has 0 atom stereocenters. The smallest absolute Gasteiger partial charge is 0.0471 e. The first-order chi connectivity index (χ1) is 5.30. The van der Waals surface area contributed by atoms with Crippen molar-refractivity contribution in [3.8, 4) is 0 Å². The highest BCUT2D eigenvalue weighted by Crippen LogP contribution is 2.33. The van der Waals surface area contributed by atoms with Gasteiger partial charge in [0.05, 0.1) is 0 Å². The molecule has 0 amide bonds. The second-order valence-corrected chi connectivity index (χ2v) is 4.57. The van der Waals surface area contributed by atoms with Gasteiger partial charge in [-0.1, -0.05) is 39.0 Å². The lowest BCUT2D eigenvalue weighted by molar-refractivity contribution is 0.526. The zero-order chi connectivity index (χ0) is 9.94. The Bertz CT molecular complexity index is 206. The number of allylic oxidation sites excluding steroid dienone is 3. The third kappa shape index (κ3) is 3.20. The minimum Gasteiger partial charge on any atom is -0.122 e. The molecule has 0 radical (unpaired) electrons. The van der Waals surface area contributed by atoms with Crippen LogP contribution in [0.5, 0.6) is 0 Å². The second kappa shape index (κ2) is 4.34. The standard InChI is InChI=1S/C10H16Cl2/c1-7(6-11)8(2)9(12)10(3,4)5/h1,6H2,2-5H3/b9-8-. The maximum absolute atomic E-state index is 6.14. The molecule has 0 aliphatic heterocycles. The van der Waals surface area contributed by atoms with Crippen LogP contribution in [0.4, 0.5) is 0 Å². The van der Waals surface area contributed by atoms with Crippen LogP contribution in [-0.2, 0) is 0 Å². The highest BCUT2D eigenvalue weighted by molar-refractivity contribution is 6.31. The largest absolute Gasteiger partial charge is 0.122 e. The summed E-state index contributed by atoms with van der Waals surface area (Å²) in [6, 6.07) is 0. The van der Waals surface area contributed by atoms with Crippen molar-refractivity contribution in [2.24, 2.45) is 5.41 Å². The minimum atomic E-state index is -0.0133. The van der Waals surface area contributed by atoms with E-state index in [0.29, 0.717) is 5.88 Å². The zero-order valence-corrected chi connectivity index (χ0v) is 9.68. The van der Waals surface area contributed by atoms with E-state index in [1.54, 1.807) is 0 Å². The van der Waals surface area contributed by atoms with Gasteiger partial charge in [0.2, 0.25) is 0 Å². The van der Waals surface area contributed by atoms with Gasteiger partial charge in [-0.2, -0.15) is 0 Å². The molecule has 12 heavy (non-hydrogen) atoms. The van der Waals surface area contributed by atoms with E-state index in [2.05, 4.69) is 27.4 Å². The first kappa shape index (κ1) is 12.1. The lowest BCUT2D eigenvalue weighted by atomic mass is 9.91. The number of alkyl halides is 1. The molecule has 0 fully saturated rings. The van der Waals surface area contributed by atoms with Gasteiger partial charge in [-0.3, -0.25) is 0 Å². The van der Waals surface area contributed by atoms with Crippen molar-refractivity contribution >= 4 is 23.2 Å². The van der Waals surface area contributed by atoms with Crippen LogP contribution in [0.1, 0.15) is 27.7 Å². The average Bonchev–Trinajstić information content (AvgIpc) is 1.98. The van der Waals surface area contributed by atoms with E-state index in [1.807, 2.05) is 6.92 Å². The van der Waals surface area contributed by atoms with Crippen LogP contribution in [0.25, 0.3) is 0 Å². The third-order valence-corrected chi connectivity index (χ3v) is 2.85. The van der Waals surface area contributed by atoms with Crippen LogP contribution >= 0.6 is 23.2 Å². The molecule has 0 nitrogen and oxygen atoms in total. The summed E-state index contributed by atoms with van der Waals surface area (Å²) in [7, 11) is 0. The Kier molecular flexibility index (Phi) is 4.36. The first-order valence-corrected chi connectivity index (χ1v) is 4.83. The van der Waals surface area contributed by atoms with Gasteiger partial charge in [-0.05, 0) is 23.5 Å². The van der Waals surface area contributed by atoms with Crippen molar-refractivity contribution in [2.75, 3.05) is 5.88 Å².